The predicted molar refractivity (Wildman–Crippen MR) is 139 cm³/mol. The first-order valence-corrected chi connectivity index (χ1v) is 15.4. The largest absolute Gasteiger partial charge is 0.477 e. The fourth-order valence-electron chi connectivity index (χ4n) is 5.55. The van der Waals surface area contributed by atoms with Crippen molar-refractivity contribution in [1.29, 1.82) is 0 Å². The zero-order chi connectivity index (χ0) is 26.4. The number of nitrogens with one attached hydrogen (secondary N) is 1. The normalized spacial score (nSPS) is 29.4. The van der Waals surface area contributed by atoms with Gasteiger partial charge in [0.05, 0.1) is 18.1 Å². The maximum Gasteiger partial charge on any atom is 0.353 e. The number of carboxylic acid groups (broad SMARTS) is 1. The highest BCUT2D eigenvalue weighted by atomic mass is 32.2. The highest BCUT2D eigenvalue weighted by Crippen LogP contribution is 2.52. The molecule has 1 amide bonds. The Balaban J connectivity index is 1.56. The molecule has 13 heteroatoms. The summed E-state index contributed by atoms with van der Waals surface area (Å²) in [6.45, 7) is 4.84. The molecule has 3 aliphatic heterocycles. The second-order valence-electron chi connectivity index (χ2n) is 9.54. The number of thioether (sulfide) groups is 2. The number of hydrogen-bond donors (Lipinski definition) is 4. The van der Waals surface area contributed by atoms with Gasteiger partial charge >= 0.3 is 5.97 Å². The molecule has 1 aromatic carbocycles. The lowest BCUT2D eigenvalue weighted by atomic mass is 9.79. The van der Waals surface area contributed by atoms with Crippen LogP contribution in [0.1, 0.15) is 25.8 Å². The SMILES string of the molecule is CSc1ccccc1CN1C[C@@H](SC2=C(C(=O)O)N3C(=O)[C@H]([C@@H](C)O)[C@H]3[C@H]2C)C[C@H]1CNS(N)(=O)=O. The number of aliphatic hydroxyl groups excluding tert-OH is 1. The quantitative estimate of drug-likeness (QED) is 0.244. The molecular weight excluding hydrogens is 524 g/mol. The average Bonchev–Trinajstić information content (AvgIpc) is 3.28. The summed E-state index contributed by atoms with van der Waals surface area (Å²) in [5.74, 6) is -2.33. The molecule has 0 spiro atoms. The zero-order valence-electron chi connectivity index (χ0n) is 20.3. The number of benzene rings is 1. The number of amides is 1. The maximum atomic E-state index is 12.6. The molecule has 5 N–H and O–H groups in total. The van der Waals surface area contributed by atoms with Gasteiger partial charge in [0.15, 0.2) is 0 Å². The molecule has 2 saturated heterocycles. The first-order chi connectivity index (χ1) is 16.9. The van der Waals surface area contributed by atoms with Gasteiger partial charge in [0.1, 0.15) is 5.70 Å². The molecule has 6 atom stereocenters. The van der Waals surface area contributed by atoms with Crippen molar-refractivity contribution in [1.82, 2.24) is 14.5 Å². The van der Waals surface area contributed by atoms with Gasteiger partial charge in [-0.1, -0.05) is 25.1 Å². The van der Waals surface area contributed by atoms with Crippen LogP contribution in [0.25, 0.3) is 0 Å². The molecule has 36 heavy (non-hydrogen) atoms. The van der Waals surface area contributed by atoms with E-state index in [2.05, 4.69) is 9.62 Å². The van der Waals surface area contributed by atoms with Gasteiger partial charge in [0, 0.05) is 46.6 Å². The lowest BCUT2D eigenvalue weighted by Gasteiger charge is -2.46. The Bertz CT molecular complexity index is 1170. The monoisotopic (exact) mass is 556 g/mol. The average molecular weight is 557 g/mol. The third-order valence-corrected chi connectivity index (χ3v) is 10.1. The Kier molecular flexibility index (Phi) is 8.10. The zero-order valence-corrected chi connectivity index (χ0v) is 22.8. The molecule has 0 saturated carbocycles. The smallest absolute Gasteiger partial charge is 0.353 e. The summed E-state index contributed by atoms with van der Waals surface area (Å²) in [7, 11) is -3.86. The van der Waals surface area contributed by atoms with Crippen LogP contribution in [0.5, 0.6) is 0 Å². The van der Waals surface area contributed by atoms with Crippen LogP contribution in [0.15, 0.2) is 39.8 Å². The first-order valence-electron chi connectivity index (χ1n) is 11.7. The highest BCUT2D eigenvalue weighted by molar-refractivity contribution is 8.03. The van der Waals surface area contributed by atoms with E-state index >= 15 is 0 Å². The van der Waals surface area contributed by atoms with E-state index in [1.54, 1.807) is 18.7 Å². The number of carbonyl (C=O) groups excluding carboxylic acids is 1. The summed E-state index contributed by atoms with van der Waals surface area (Å²) < 4.78 is 25.6. The van der Waals surface area contributed by atoms with E-state index in [1.165, 1.54) is 16.7 Å². The number of carboxylic acids is 1. The first kappa shape index (κ1) is 27.4. The van der Waals surface area contributed by atoms with E-state index in [-0.39, 0.29) is 41.4 Å². The van der Waals surface area contributed by atoms with Crippen molar-refractivity contribution in [3.63, 3.8) is 0 Å². The van der Waals surface area contributed by atoms with Gasteiger partial charge in [-0.25, -0.2) is 14.7 Å². The lowest BCUT2D eigenvalue weighted by Crippen LogP contribution is -2.63. The molecule has 3 aliphatic rings. The molecule has 4 rings (SSSR count). The van der Waals surface area contributed by atoms with Crippen molar-refractivity contribution in [3.05, 3.63) is 40.4 Å². The predicted octanol–water partition coefficient (Wildman–Crippen LogP) is 1.03. The van der Waals surface area contributed by atoms with E-state index in [0.717, 1.165) is 10.5 Å². The topological polar surface area (TPSA) is 153 Å². The molecular formula is C23H32N4O6S3. The van der Waals surface area contributed by atoms with Gasteiger partial charge in [0.25, 0.3) is 10.2 Å². The molecule has 10 nitrogen and oxygen atoms in total. The van der Waals surface area contributed by atoms with Crippen LogP contribution < -0.4 is 9.86 Å². The van der Waals surface area contributed by atoms with Crippen molar-refractivity contribution in [2.75, 3.05) is 19.3 Å². The second kappa shape index (κ2) is 10.6. The van der Waals surface area contributed by atoms with E-state index < -0.39 is 28.2 Å². The molecule has 0 aromatic heterocycles. The third-order valence-electron chi connectivity index (χ3n) is 7.18. The van der Waals surface area contributed by atoms with Gasteiger partial charge < -0.3 is 15.1 Å². The van der Waals surface area contributed by atoms with Crippen molar-refractivity contribution < 1.29 is 28.2 Å². The Morgan fingerprint density at radius 1 is 1.33 bits per heavy atom. The minimum atomic E-state index is -3.86. The Morgan fingerprint density at radius 2 is 2.03 bits per heavy atom. The van der Waals surface area contributed by atoms with Crippen LogP contribution in [-0.4, -0.2) is 83.1 Å². The fraction of sp³-hybridized carbons (Fsp3) is 0.565. The van der Waals surface area contributed by atoms with E-state index in [9.17, 15) is 28.2 Å². The second-order valence-corrected chi connectivity index (χ2v) is 13.1. The van der Waals surface area contributed by atoms with E-state index in [0.29, 0.717) is 24.4 Å². The molecule has 0 radical (unpaired) electrons. The molecule has 3 heterocycles. The lowest BCUT2D eigenvalue weighted by molar-refractivity contribution is -0.163. The third kappa shape index (κ3) is 5.33. The number of nitrogens with zero attached hydrogens (tertiary/aromatic N) is 2. The van der Waals surface area contributed by atoms with E-state index in [1.807, 2.05) is 37.4 Å². The molecule has 0 aliphatic carbocycles. The van der Waals surface area contributed by atoms with Crippen molar-refractivity contribution in [2.45, 2.75) is 55.1 Å². The van der Waals surface area contributed by atoms with Gasteiger partial charge in [0.2, 0.25) is 5.91 Å². The number of β-lactam (4-membered cyclic amide) rings is 1. The van der Waals surface area contributed by atoms with Gasteiger partial charge in [-0.2, -0.15) is 8.42 Å². The number of hydrogen-bond acceptors (Lipinski definition) is 8. The highest BCUT2D eigenvalue weighted by Gasteiger charge is 2.60. The standard InChI is InChI=1S/C23H32N4O6S3/c1-12-19-18(13(2)28)22(29)27(19)20(23(30)31)21(12)35-16-8-15(9-25-36(24,32)33)26(11-16)10-14-6-4-5-7-17(14)34-3/h4-7,12-13,15-16,18-19,25,28H,8-11H2,1-3H3,(H,30,31)(H2,24,32,33)/t12-,13-,15+,16+,18-,19-/m1/s1. The fourth-order valence-corrected chi connectivity index (χ4v) is 8.18. The summed E-state index contributed by atoms with van der Waals surface area (Å²) in [6, 6.07) is 7.54. The number of fused-ring (bicyclic) bond motifs is 1. The minimum absolute atomic E-state index is 0.00443. The van der Waals surface area contributed by atoms with Crippen LogP contribution in [0.4, 0.5) is 0 Å². The molecule has 1 aromatic rings. The number of aliphatic hydroxyl groups is 1. The van der Waals surface area contributed by atoms with Crippen molar-refractivity contribution in [2.24, 2.45) is 17.0 Å². The Labute approximate surface area is 219 Å². The summed E-state index contributed by atoms with van der Waals surface area (Å²) in [5, 5.41) is 25.2. The van der Waals surface area contributed by atoms with Gasteiger partial charge in [-0.05, 0) is 31.2 Å². The molecule has 2 fully saturated rings. The van der Waals surface area contributed by atoms with Gasteiger partial charge in [-0.3, -0.25) is 9.69 Å². The molecule has 198 valence electrons. The summed E-state index contributed by atoms with van der Waals surface area (Å²) in [6.07, 6.45) is 1.78. The number of likely N-dealkylation sites (tertiary alicyclic amines) is 1. The number of rotatable bonds is 10. The Morgan fingerprint density at radius 3 is 2.64 bits per heavy atom. The van der Waals surface area contributed by atoms with Crippen LogP contribution in [0, 0.1) is 11.8 Å². The summed E-state index contributed by atoms with van der Waals surface area (Å²) >= 11 is 3.10. The Hall–Kier alpha value is -1.61. The number of aliphatic carboxylic acids is 1. The van der Waals surface area contributed by atoms with Crippen LogP contribution >= 0.6 is 23.5 Å². The minimum Gasteiger partial charge on any atom is -0.477 e. The van der Waals surface area contributed by atoms with Crippen molar-refractivity contribution in [3.8, 4) is 0 Å². The number of nitrogens with two attached hydrogens (primary N) is 1. The maximum absolute atomic E-state index is 12.6. The summed E-state index contributed by atoms with van der Waals surface area (Å²) in [5.41, 5.74) is 1.13. The van der Waals surface area contributed by atoms with E-state index in [4.69, 9.17) is 5.14 Å². The summed E-state index contributed by atoms with van der Waals surface area (Å²) in [4.78, 5) is 30.1. The van der Waals surface area contributed by atoms with Crippen LogP contribution in [-0.2, 0) is 26.3 Å². The van der Waals surface area contributed by atoms with Crippen molar-refractivity contribution >= 4 is 45.6 Å². The molecule has 0 unspecified atom stereocenters. The number of carbonyl (C=O) groups is 2. The van der Waals surface area contributed by atoms with Crippen LogP contribution in [0.2, 0.25) is 0 Å². The molecule has 0 bridgehead atoms. The van der Waals surface area contributed by atoms with Crippen LogP contribution in [0.3, 0.4) is 0 Å². The van der Waals surface area contributed by atoms with Gasteiger partial charge in [-0.15, -0.1) is 23.5 Å².